The molecule has 2 unspecified atom stereocenters. The van der Waals surface area contributed by atoms with Gasteiger partial charge in [-0.15, -0.1) is 0 Å². The van der Waals surface area contributed by atoms with Crippen molar-refractivity contribution >= 4 is 21.8 Å². The minimum Gasteiger partial charge on any atom is -0.329 e. The molecule has 0 amide bonds. The summed E-state index contributed by atoms with van der Waals surface area (Å²) in [7, 11) is -3.15. The molecule has 1 aliphatic rings. The normalized spacial score (nSPS) is 27.9. The van der Waals surface area contributed by atoms with Crippen molar-refractivity contribution in [2.45, 2.75) is 37.0 Å². The average Bonchev–Trinajstić information content (AvgIpc) is 2.17. The average molecular weight is 252 g/mol. The third kappa shape index (κ3) is 4.72. The molecule has 0 aliphatic heterocycles. The van der Waals surface area contributed by atoms with Gasteiger partial charge in [0, 0.05) is 17.8 Å². The first-order valence-electron chi connectivity index (χ1n) is 5.30. The Morgan fingerprint density at radius 1 is 1.47 bits per heavy atom. The zero-order chi connectivity index (χ0) is 11.3. The summed E-state index contributed by atoms with van der Waals surface area (Å²) in [5.41, 5.74) is 5.25. The van der Waals surface area contributed by atoms with Crippen LogP contribution < -0.4 is 10.5 Å². The van der Waals surface area contributed by atoms with Crippen LogP contribution in [0.1, 0.15) is 25.7 Å². The number of rotatable bonds is 5. The fourth-order valence-electron chi connectivity index (χ4n) is 1.93. The predicted octanol–water partition coefficient (Wildman–Crippen LogP) is 0.539. The van der Waals surface area contributed by atoms with Gasteiger partial charge < -0.3 is 5.73 Å². The molecule has 0 heterocycles. The third-order valence-corrected chi connectivity index (χ3v) is 5.25. The van der Waals surface area contributed by atoms with Gasteiger partial charge in [-0.1, -0.05) is 6.42 Å². The maximum atomic E-state index is 11.5. The summed E-state index contributed by atoms with van der Waals surface area (Å²) in [5, 5.41) is 0.601. The molecule has 1 rings (SSSR count). The lowest BCUT2D eigenvalue weighted by atomic mass is 9.96. The Labute approximate surface area is 96.4 Å². The molecule has 15 heavy (non-hydrogen) atoms. The Morgan fingerprint density at radius 3 is 2.80 bits per heavy atom. The van der Waals surface area contributed by atoms with Crippen LogP contribution >= 0.6 is 11.8 Å². The second-order valence-electron chi connectivity index (χ2n) is 3.95. The number of nitrogens with two attached hydrogens (primary N) is 1. The molecule has 90 valence electrons. The van der Waals surface area contributed by atoms with Crippen LogP contribution in [0.15, 0.2) is 0 Å². The summed E-state index contributed by atoms with van der Waals surface area (Å²) in [5.74, 6) is 0.0352. The summed E-state index contributed by atoms with van der Waals surface area (Å²) in [6.07, 6.45) is 6.31. The largest absolute Gasteiger partial charge is 0.329 e. The van der Waals surface area contributed by atoms with Gasteiger partial charge in [0.05, 0.1) is 5.75 Å². The zero-order valence-corrected chi connectivity index (χ0v) is 10.7. The Bertz CT molecular complexity index is 280. The maximum absolute atomic E-state index is 11.5. The zero-order valence-electron chi connectivity index (χ0n) is 9.11. The molecule has 0 spiro atoms. The van der Waals surface area contributed by atoms with Gasteiger partial charge in [-0.25, -0.2) is 13.1 Å². The number of sulfonamides is 1. The fourth-order valence-corrected chi connectivity index (χ4v) is 3.91. The van der Waals surface area contributed by atoms with Gasteiger partial charge in [-0.05, 0) is 25.5 Å². The maximum Gasteiger partial charge on any atom is 0.213 e. The molecule has 0 aromatic rings. The predicted molar refractivity (Wildman–Crippen MR) is 65.5 cm³/mol. The summed E-state index contributed by atoms with van der Waals surface area (Å²) in [6, 6.07) is 0.118. The molecule has 1 aliphatic carbocycles. The first kappa shape index (κ1) is 13.3. The van der Waals surface area contributed by atoms with E-state index in [1.165, 1.54) is 6.42 Å². The van der Waals surface area contributed by atoms with Gasteiger partial charge in [-0.2, -0.15) is 11.8 Å². The standard InChI is InChI=1S/C9H20N2O2S2/c1-14-9-4-2-3-8(7-9)11-15(12,13)6-5-10/h8-9,11H,2-7,10H2,1H3. The van der Waals surface area contributed by atoms with Crippen molar-refractivity contribution in [3.63, 3.8) is 0 Å². The molecule has 0 saturated heterocycles. The van der Waals surface area contributed by atoms with Crippen molar-refractivity contribution in [3.8, 4) is 0 Å². The molecule has 6 heteroatoms. The van der Waals surface area contributed by atoms with Gasteiger partial charge in [0.1, 0.15) is 0 Å². The number of nitrogens with one attached hydrogen (secondary N) is 1. The Morgan fingerprint density at radius 2 is 2.20 bits per heavy atom. The van der Waals surface area contributed by atoms with Gasteiger partial charge in [0.2, 0.25) is 10.0 Å². The lowest BCUT2D eigenvalue weighted by Crippen LogP contribution is -2.41. The van der Waals surface area contributed by atoms with Crippen LogP contribution in [0, 0.1) is 0 Å². The Balaban J connectivity index is 2.44. The van der Waals surface area contributed by atoms with Crippen LogP contribution in [0.5, 0.6) is 0 Å². The van der Waals surface area contributed by atoms with Crippen molar-refractivity contribution in [2.24, 2.45) is 5.73 Å². The van der Waals surface area contributed by atoms with E-state index in [2.05, 4.69) is 11.0 Å². The Kier molecular flexibility index (Phi) is 5.38. The first-order valence-corrected chi connectivity index (χ1v) is 8.24. The molecule has 2 atom stereocenters. The summed E-state index contributed by atoms with van der Waals surface area (Å²) < 4.78 is 25.7. The summed E-state index contributed by atoms with van der Waals surface area (Å²) in [4.78, 5) is 0. The van der Waals surface area contributed by atoms with Crippen molar-refractivity contribution in [3.05, 3.63) is 0 Å². The molecule has 4 nitrogen and oxygen atoms in total. The fraction of sp³-hybridized carbons (Fsp3) is 1.00. The topological polar surface area (TPSA) is 72.2 Å². The monoisotopic (exact) mass is 252 g/mol. The van der Waals surface area contributed by atoms with Crippen LogP contribution in [0.4, 0.5) is 0 Å². The quantitative estimate of drug-likeness (QED) is 0.749. The van der Waals surface area contributed by atoms with Crippen LogP contribution in [0.25, 0.3) is 0 Å². The second-order valence-corrected chi connectivity index (χ2v) is 6.96. The van der Waals surface area contributed by atoms with E-state index in [1.54, 1.807) is 0 Å². The second kappa shape index (κ2) is 6.08. The van der Waals surface area contributed by atoms with Gasteiger partial charge >= 0.3 is 0 Å². The number of hydrogen-bond acceptors (Lipinski definition) is 4. The van der Waals surface area contributed by atoms with E-state index in [0.29, 0.717) is 5.25 Å². The number of hydrogen-bond donors (Lipinski definition) is 2. The van der Waals surface area contributed by atoms with E-state index in [-0.39, 0.29) is 18.3 Å². The van der Waals surface area contributed by atoms with Crippen LogP contribution in [0.2, 0.25) is 0 Å². The Hall–Kier alpha value is 0.220. The molecule has 1 saturated carbocycles. The molecule has 1 fully saturated rings. The highest BCUT2D eigenvalue weighted by Gasteiger charge is 2.24. The van der Waals surface area contributed by atoms with E-state index in [1.807, 2.05) is 11.8 Å². The molecule has 0 aromatic carbocycles. The molecule has 0 aromatic heterocycles. The highest BCUT2D eigenvalue weighted by molar-refractivity contribution is 7.99. The first-order chi connectivity index (χ1) is 7.07. The van der Waals surface area contributed by atoms with Crippen molar-refractivity contribution in [2.75, 3.05) is 18.6 Å². The van der Waals surface area contributed by atoms with E-state index >= 15 is 0 Å². The summed E-state index contributed by atoms with van der Waals surface area (Å²) in [6.45, 7) is 0.189. The highest BCUT2D eigenvalue weighted by Crippen LogP contribution is 2.27. The van der Waals surface area contributed by atoms with E-state index < -0.39 is 10.0 Å². The van der Waals surface area contributed by atoms with Crippen molar-refractivity contribution in [1.82, 2.24) is 4.72 Å². The van der Waals surface area contributed by atoms with Gasteiger partial charge in [0.25, 0.3) is 0 Å². The van der Waals surface area contributed by atoms with Crippen LogP contribution in [-0.2, 0) is 10.0 Å². The van der Waals surface area contributed by atoms with Crippen LogP contribution in [-0.4, -0.2) is 38.3 Å². The lowest BCUT2D eigenvalue weighted by Gasteiger charge is -2.28. The minimum absolute atomic E-state index is 0.0352. The molecular formula is C9H20N2O2S2. The van der Waals surface area contributed by atoms with Gasteiger partial charge in [-0.3, -0.25) is 0 Å². The van der Waals surface area contributed by atoms with Crippen molar-refractivity contribution in [1.29, 1.82) is 0 Å². The van der Waals surface area contributed by atoms with Crippen LogP contribution in [0.3, 0.4) is 0 Å². The van der Waals surface area contributed by atoms with Gasteiger partial charge in [0.15, 0.2) is 0 Å². The SMILES string of the molecule is CSC1CCCC(NS(=O)(=O)CCN)C1. The van der Waals surface area contributed by atoms with E-state index in [9.17, 15) is 8.42 Å². The smallest absolute Gasteiger partial charge is 0.213 e. The van der Waals surface area contributed by atoms with E-state index in [4.69, 9.17) is 5.73 Å². The van der Waals surface area contributed by atoms with Crippen molar-refractivity contribution < 1.29 is 8.42 Å². The molecule has 3 N–H and O–H groups in total. The molecule has 0 bridgehead atoms. The number of thioether (sulfide) groups is 1. The summed E-state index contributed by atoms with van der Waals surface area (Å²) >= 11 is 1.83. The molecule has 0 radical (unpaired) electrons. The highest BCUT2D eigenvalue weighted by atomic mass is 32.2. The van der Waals surface area contributed by atoms with E-state index in [0.717, 1.165) is 19.3 Å². The lowest BCUT2D eigenvalue weighted by molar-refractivity contribution is 0.421. The minimum atomic E-state index is -3.15. The molecular weight excluding hydrogens is 232 g/mol. The third-order valence-electron chi connectivity index (χ3n) is 2.69.